The van der Waals surface area contributed by atoms with E-state index in [1.54, 1.807) is 24.3 Å². The van der Waals surface area contributed by atoms with Gasteiger partial charge in [0.1, 0.15) is 0 Å². The van der Waals surface area contributed by atoms with Gasteiger partial charge in [0.2, 0.25) is 0 Å². The van der Waals surface area contributed by atoms with Crippen LogP contribution in [0.3, 0.4) is 0 Å². The van der Waals surface area contributed by atoms with Crippen molar-refractivity contribution in [2.75, 3.05) is 26.8 Å². The van der Waals surface area contributed by atoms with Crippen LogP contribution < -0.4 is 0 Å². The zero-order valence-electron chi connectivity index (χ0n) is 10.5. The zero-order valence-corrected chi connectivity index (χ0v) is 11.3. The number of nitrogens with zero attached hydrogens (tertiary/aromatic N) is 1. The van der Waals surface area contributed by atoms with E-state index in [1.165, 1.54) is 0 Å². The Hall–Kier alpha value is -0.950. The maximum absolute atomic E-state index is 12.1. The average molecular weight is 271 g/mol. The van der Waals surface area contributed by atoms with Gasteiger partial charge in [0, 0.05) is 6.54 Å². The van der Waals surface area contributed by atoms with E-state index in [0.29, 0.717) is 13.2 Å². The molecule has 100 valence electrons. The van der Waals surface area contributed by atoms with E-state index < -0.39 is 16.3 Å². The summed E-state index contributed by atoms with van der Waals surface area (Å²) in [6.07, 6.45) is -0.551. The second kappa shape index (κ2) is 5.36. The zero-order chi connectivity index (χ0) is 13.2. The van der Waals surface area contributed by atoms with Gasteiger partial charge in [0.05, 0.1) is 18.1 Å². The van der Waals surface area contributed by atoms with Gasteiger partial charge in [-0.25, -0.2) is 4.18 Å². The number of likely N-dealkylation sites (N-methyl/N-ethyl adjacent to an activating group) is 1. The minimum Gasteiger partial charge on any atom is -0.376 e. The highest BCUT2D eigenvalue weighted by molar-refractivity contribution is 7.86. The lowest BCUT2D eigenvalue weighted by Gasteiger charge is -2.31. The van der Waals surface area contributed by atoms with Crippen molar-refractivity contribution >= 4 is 10.1 Å². The van der Waals surface area contributed by atoms with E-state index in [0.717, 1.165) is 5.56 Å². The van der Waals surface area contributed by atoms with Crippen LogP contribution in [0.4, 0.5) is 0 Å². The van der Waals surface area contributed by atoms with Crippen LogP contribution in [0.2, 0.25) is 0 Å². The van der Waals surface area contributed by atoms with Crippen LogP contribution in [0.1, 0.15) is 5.56 Å². The summed E-state index contributed by atoms with van der Waals surface area (Å²) in [7, 11) is -1.91. The molecule has 0 saturated carbocycles. The van der Waals surface area contributed by atoms with Gasteiger partial charge in [-0.15, -0.1) is 0 Å². The maximum atomic E-state index is 12.1. The Bertz CT molecular complexity index is 497. The molecule has 0 aliphatic carbocycles. The summed E-state index contributed by atoms with van der Waals surface area (Å²) in [4.78, 5) is 2.00. The molecule has 1 aromatic rings. The number of hydrogen-bond acceptors (Lipinski definition) is 5. The van der Waals surface area contributed by atoms with Gasteiger partial charge in [0.25, 0.3) is 10.1 Å². The van der Waals surface area contributed by atoms with Gasteiger partial charge in [-0.1, -0.05) is 17.7 Å². The first-order valence-electron chi connectivity index (χ1n) is 5.77. The smallest absolute Gasteiger partial charge is 0.298 e. The number of hydrogen-bond donors (Lipinski definition) is 0. The standard InChI is InChI=1S/C12H17NO4S/c1-10-3-5-11(6-4-10)18(14,15)17-12-9-16-8-7-13(12)2/h3-6,12H,7-9H2,1-2H3/t12-/m0/s1. The topological polar surface area (TPSA) is 55.8 Å². The van der Waals surface area contributed by atoms with Crippen molar-refractivity contribution in [2.24, 2.45) is 0 Å². The summed E-state index contributed by atoms with van der Waals surface area (Å²) in [6.45, 7) is 3.43. The normalized spacial score (nSPS) is 22.0. The molecule has 0 bridgehead atoms. The van der Waals surface area contributed by atoms with Gasteiger partial charge in [-0.3, -0.25) is 4.90 Å². The molecule has 1 saturated heterocycles. The van der Waals surface area contributed by atoms with E-state index >= 15 is 0 Å². The lowest BCUT2D eigenvalue weighted by atomic mass is 10.2. The molecule has 0 spiro atoms. The van der Waals surface area contributed by atoms with Crippen LogP contribution in [-0.2, 0) is 19.0 Å². The Kier molecular flexibility index (Phi) is 4.01. The van der Waals surface area contributed by atoms with Crippen molar-refractivity contribution in [3.8, 4) is 0 Å². The van der Waals surface area contributed by atoms with Crippen LogP contribution in [0.15, 0.2) is 29.2 Å². The third-order valence-electron chi connectivity index (χ3n) is 2.89. The van der Waals surface area contributed by atoms with Gasteiger partial charge in [0.15, 0.2) is 6.23 Å². The van der Waals surface area contributed by atoms with Crippen LogP contribution in [0.5, 0.6) is 0 Å². The molecule has 2 rings (SSSR count). The predicted octanol–water partition coefficient (Wildman–Crippen LogP) is 0.988. The van der Waals surface area contributed by atoms with E-state index in [-0.39, 0.29) is 11.5 Å². The molecule has 1 aliphatic rings. The third-order valence-corrected chi connectivity index (χ3v) is 4.21. The largest absolute Gasteiger partial charge is 0.376 e. The van der Waals surface area contributed by atoms with Crippen LogP contribution in [0.25, 0.3) is 0 Å². The molecule has 1 aliphatic heterocycles. The van der Waals surface area contributed by atoms with E-state index in [4.69, 9.17) is 8.92 Å². The third kappa shape index (κ3) is 3.08. The minimum atomic E-state index is -3.73. The fraction of sp³-hybridized carbons (Fsp3) is 0.500. The molecule has 5 nitrogen and oxygen atoms in total. The van der Waals surface area contributed by atoms with Gasteiger partial charge < -0.3 is 4.74 Å². The SMILES string of the molecule is Cc1ccc(S(=O)(=O)O[C@H]2COCCN2C)cc1. The summed E-state index contributed by atoms with van der Waals surface area (Å²) in [6, 6.07) is 6.59. The maximum Gasteiger partial charge on any atom is 0.298 e. The molecular formula is C12H17NO4S. The summed E-state index contributed by atoms with van der Waals surface area (Å²) < 4.78 is 34.5. The molecule has 0 amide bonds. The van der Waals surface area contributed by atoms with Crippen molar-refractivity contribution in [3.63, 3.8) is 0 Å². The Labute approximate surface area is 107 Å². The average Bonchev–Trinajstić information content (AvgIpc) is 2.32. The van der Waals surface area contributed by atoms with Gasteiger partial charge >= 0.3 is 0 Å². The molecular weight excluding hydrogens is 254 g/mol. The monoisotopic (exact) mass is 271 g/mol. The van der Waals surface area contributed by atoms with Crippen LogP contribution in [-0.4, -0.2) is 46.4 Å². The predicted molar refractivity (Wildman–Crippen MR) is 66.7 cm³/mol. The molecule has 18 heavy (non-hydrogen) atoms. The number of ether oxygens (including phenoxy) is 1. The van der Waals surface area contributed by atoms with Crippen LogP contribution >= 0.6 is 0 Å². The molecule has 1 heterocycles. The Balaban J connectivity index is 2.13. The second-order valence-electron chi connectivity index (χ2n) is 4.37. The molecule has 0 radical (unpaired) electrons. The second-order valence-corrected chi connectivity index (χ2v) is 5.95. The van der Waals surface area contributed by atoms with Crippen LogP contribution in [0, 0.1) is 6.92 Å². The summed E-state index contributed by atoms with van der Waals surface area (Å²) in [5.41, 5.74) is 1.01. The number of aryl methyl sites for hydroxylation is 1. The van der Waals surface area contributed by atoms with Crippen molar-refractivity contribution < 1.29 is 17.3 Å². The van der Waals surface area contributed by atoms with Crippen molar-refractivity contribution in [2.45, 2.75) is 18.0 Å². The molecule has 0 N–H and O–H groups in total. The van der Waals surface area contributed by atoms with Gasteiger partial charge in [-0.05, 0) is 26.1 Å². The molecule has 0 aromatic heterocycles. The fourth-order valence-corrected chi connectivity index (χ4v) is 2.75. The first-order valence-corrected chi connectivity index (χ1v) is 7.18. The molecule has 6 heteroatoms. The number of benzene rings is 1. The molecule has 1 aromatic carbocycles. The Morgan fingerprint density at radius 1 is 1.33 bits per heavy atom. The number of morpholine rings is 1. The highest BCUT2D eigenvalue weighted by Crippen LogP contribution is 2.17. The fourth-order valence-electron chi connectivity index (χ4n) is 1.67. The Morgan fingerprint density at radius 3 is 2.61 bits per heavy atom. The molecule has 1 fully saturated rings. The number of rotatable bonds is 3. The first kappa shape index (κ1) is 13.5. The highest BCUT2D eigenvalue weighted by Gasteiger charge is 2.27. The van der Waals surface area contributed by atoms with E-state index in [2.05, 4.69) is 0 Å². The van der Waals surface area contributed by atoms with Crippen molar-refractivity contribution in [1.82, 2.24) is 4.90 Å². The summed E-state index contributed by atoms with van der Waals surface area (Å²) in [5.74, 6) is 0. The van der Waals surface area contributed by atoms with E-state index in [1.807, 2.05) is 18.9 Å². The molecule has 1 atom stereocenters. The lowest BCUT2D eigenvalue weighted by molar-refractivity contribution is -0.0766. The van der Waals surface area contributed by atoms with E-state index in [9.17, 15) is 8.42 Å². The lowest BCUT2D eigenvalue weighted by Crippen LogP contribution is -2.45. The molecule has 0 unspecified atom stereocenters. The van der Waals surface area contributed by atoms with Crippen molar-refractivity contribution in [3.05, 3.63) is 29.8 Å². The Morgan fingerprint density at radius 2 is 2.00 bits per heavy atom. The van der Waals surface area contributed by atoms with Crippen molar-refractivity contribution in [1.29, 1.82) is 0 Å². The summed E-state index contributed by atoms with van der Waals surface area (Å²) >= 11 is 0. The minimum absolute atomic E-state index is 0.173. The summed E-state index contributed by atoms with van der Waals surface area (Å²) in [5, 5.41) is 0. The quantitative estimate of drug-likeness (QED) is 0.767. The highest BCUT2D eigenvalue weighted by atomic mass is 32.2. The first-order chi connectivity index (χ1) is 8.49. The van der Waals surface area contributed by atoms with Gasteiger partial charge in [-0.2, -0.15) is 8.42 Å².